The maximum Gasteiger partial charge on any atom is 0.227 e. The van der Waals surface area contributed by atoms with Gasteiger partial charge in [-0.25, -0.2) is 4.99 Å². The first kappa shape index (κ1) is 21.2. The zero-order valence-electron chi connectivity index (χ0n) is 17.0. The van der Waals surface area contributed by atoms with Crippen LogP contribution in [0.25, 0.3) is 0 Å². The Morgan fingerprint density at radius 3 is 2.63 bits per heavy atom. The number of anilines is 1. The average molecular weight is 375 g/mol. The van der Waals surface area contributed by atoms with E-state index in [-0.39, 0.29) is 5.91 Å². The van der Waals surface area contributed by atoms with Crippen molar-refractivity contribution in [2.24, 2.45) is 10.9 Å². The summed E-state index contributed by atoms with van der Waals surface area (Å²) in [6.45, 7) is 10.9. The van der Waals surface area contributed by atoms with Crippen molar-refractivity contribution in [3.05, 3.63) is 29.8 Å². The Balaban J connectivity index is 1.78. The minimum Gasteiger partial charge on any atom is -0.380 e. The van der Waals surface area contributed by atoms with Crippen LogP contribution in [-0.2, 0) is 16.1 Å². The van der Waals surface area contributed by atoms with E-state index in [0.29, 0.717) is 25.5 Å². The molecular weight excluding hydrogens is 340 g/mol. The standard InChI is InChI=1S/C21H34N4O2/c1-4-22-21(23-12-15-27-14-11-17(2)3)24-16-18-7-9-19(10-8-18)25-13-5-6-20(25)26/h7-10,17H,4-6,11-16H2,1-3H3,(H2,22,23,24). The van der Waals surface area contributed by atoms with E-state index in [4.69, 9.17) is 4.74 Å². The molecule has 0 radical (unpaired) electrons. The van der Waals surface area contributed by atoms with Crippen LogP contribution in [0, 0.1) is 5.92 Å². The summed E-state index contributed by atoms with van der Waals surface area (Å²) in [6, 6.07) is 8.11. The molecule has 1 aliphatic rings. The van der Waals surface area contributed by atoms with Crippen molar-refractivity contribution in [3.8, 4) is 0 Å². The van der Waals surface area contributed by atoms with E-state index in [1.165, 1.54) is 0 Å². The largest absolute Gasteiger partial charge is 0.380 e. The van der Waals surface area contributed by atoms with Crippen LogP contribution in [0.4, 0.5) is 5.69 Å². The average Bonchev–Trinajstić information content (AvgIpc) is 3.08. The van der Waals surface area contributed by atoms with Crippen molar-refractivity contribution >= 4 is 17.6 Å². The van der Waals surface area contributed by atoms with E-state index in [1.54, 1.807) is 0 Å². The summed E-state index contributed by atoms with van der Waals surface area (Å²) in [5.41, 5.74) is 2.10. The molecule has 0 saturated carbocycles. The van der Waals surface area contributed by atoms with Gasteiger partial charge in [0.25, 0.3) is 0 Å². The van der Waals surface area contributed by atoms with Gasteiger partial charge in [0.2, 0.25) is 5.91 Å². The lowest BCUT2D eigenvalue weighted by molar-refractivity contribution is -0.117. The zero-order valence-corrected chi connectivity index (χ0v) is 17.0. The van der Waals surface area contributed by atoms with E-state index in [1.807, 2.05) is 29.2 Å². The van der Waals surface area contributed by atoms with E-state index in [9.17, 15) is 4.79 Å². The number of benzene rings is 1. The molecule has 1 saturated heterocycles. The smallest absolute Gasteiger partial charge is 0.227 e. The molecule has 6 heteroatoms. The molecule has 0 unspecified atom stereocenters. The van der Waals surface area contributed by atoms with Gasteiger partial charge in [0.15, 0.2) is 5.96 Å². The Kier molecular flexibility index (Phi) is 9.11. The minimum absolute atomic E-state index is 0.218. The molecule has 2 N–H and O–H groups in total. The monoisotopic (exact) mass is 374 g/mol. The summed E-state index contributed by atoms with van der Waals surface area (Å²) >= 11 is 0. The molecule has 0 bridgehead atoms. The lowest BCUT2D eigenvalue weighted by Crippen LogP contribution is -2.39. The zero-order chi connectivity index (χ0) is 19.5. The van der Waals surface area contributed by atoms with E-state index >= 15 is 0 Å². The Labute approximate surface area is 163 Å². The first-order chi connectivity index (χ1) is 13.1. The van der Waals surface area contributed by atoms with E-state index < -0.39 is 0 Å². The second-order valence-electron chi connectivity index (χ2n) is 7.23. The van der Waals surface area contributed by atoms with Crippen LogP contribution in [0.5, 0.6) is 0 Å². The fraction of sp³-hybridized carbons (Fsp3) is 0.619. The van der Waals surface area contributed by atoms with Gasteiger partial charge in [-0.15, -0.1) is 0 Å². The van der Waals surface area contributed by atoms with Gasteiger partial charge in [-0.1, -0.05) is 26.0 Å². The topological polar surface area (TPSA) is 66.0 Å². The van der Waals surface area contributed by atoms with Gasteiger partial charge in [-0.2, -0.15) is 0 Å². The first-order valence-corrected chi connectivity index (χ1v) is 10.1. The van der Waals surface area contributed by atoms with Gasteiger partial charge in [-0.05, 0) is 43.4 Å². The second-order valence-corrected chi connectivity index (χ2v) is 7.23. The number of amides is 1. The van der Waals surface area contributed by atoms with Crippen molar-refractivity contribution in [2.45, 2.75) is 46.6 Å². The molecular formula is C21H34N4O2. The molecule has 0 aromatic heterocycles. The molecule has 0 atom stereocenters. The van der Waals surface area contributed by atoms with Crippen molar-refractivity contribution in [1.29, 1.82) is 0 Å². The molecule has 0 spiro atoms. The maximum absolute atomic E-state index is 11.8. The van der Waals surface area contributed by atoms with E-state index in [2.05, 4.69) is 36.4 Å². The normalized spacial score (nSPS) is 14.9. The number of aliphatic imine (C=N–C) groups is 1. The number of guanidine groups is 1. The Morgan fingerprint density at radius 2 is 2.00 bits per heavy atom. The molecule has 1 aromatic rings. The van der Waals surface area contributed by atoms with Crippen LogP contribution in [0.3, 0.4) is 0 Å². The van der Waals surface area contributed by atoms with Crippen LogP contribution < -0.4 is 15.5 Å². The van der Waals surface area contributed by atoms with Crippen molar-refractivity contribution in [3.63, 3.8) is 0 Å². The van der Waals surface area contributed by atoms with Crippen molar-refractivity contribution in [1.82, 2.24) is 10.6 Å². The van der Waals surface area contributed by atoms with Gasteiger partial charge >= 0.3 is 0 Å². The number of carbonyl (C=O) groups excluding carboxylic acids is 1. The Morgan fingerprint density at radius 1 is 1.22 bits per heavy atom. The number of hydrogen-bond donors (Lipinski definition) is 2. The number of hydrogen-bond acceptors (Lipinski definition) is 3. The van der Waals surface area contributed by atoms with Crippen LogP contribution in [0.2, 0.25) is 0 Å². The summed E-state index contributed by atoms with van der Waals surface area (Å²) in [4.78, 5) is 18.3. The fourth-order valence-corrected chi connectivity index (χ4v) is 2.88. The van der Waals surface area contributed by atoms with Crippen LogP contribution in [0.15, 0.2) is 29.3 Å². The predicted molar refractivity (Wildman–Crippen MR) is 111 cm³/mol. The number of nitrogens with one attached hydrogen (secondary N) is 2. The molecule has 1 amide bonds. The summed E-state index contributed by atoms with van der Waals surface area (Å²) in [5.74, 6) is 1.69. The van der Waals surface area contributed by atoms with Crippen LogP contribution >= 0.6 is 0 Å². The lowest BCUT2D eigenvalue weighted by Gasteiger charge is -2.16. The summed E-state index contributed by atoms with van der Waals surface area (Å²) in [6.07, 6.45) is 2.70. The number of carbonyl (C=O) groups is 1. The Hall–Kier alpha value is -2.08. The highest BCUT2D eigenvalue weighted by Crippen LogP contribution is 2.21. The number of nitrogens with zero attached hydrogens (tertiary/aromatic N) is 2. The molecule has 0 aliphatic carbocycles. The second kappa shape index (κ2) is 11.6. The van der Waals surface area contributed by atoms with Gasteiger partial charge in [0.05, 0.1) is 13.2 Å². The number of rotatable bonds is 10. The molecule has 6 nitrogen and oxygen atoms in total. The quantitative estimate of drug-likeness (QED) is 0.375. The van der Waals surface area contributed by atoms with Crippen LogP contribution in [0.1, 0.15) is 45.6 Å². The predicted octanol–water partition coefficient (Wildman–Crippen LogP) is 2.93. The number of ether oxygens (including phenoxy) is 1. The Bertz CT molecular complexity index is 599. The molecule has 1 aromatic carbocycles. The van der Waals surface area contributed by atoms with Gasteiger partial charge in [0.1, 0.15) is 0 Å². The molecule has 1 heterocycles. The lowest BCUT2D eigenvalue weighted by atomic mass is 10.1. The van der Waals surface area contributed by atoms with Gasteiger partial charge < -0.3 is 20.3 Å². The first-order valence-electron chi connectivity index (χ1n) is 10.1. The molecule has 1 fully saturated rings. The minimum atomic E-state index is 0.218. The third-order valence-electron chi connectivity index (χ3n) is 4.46. The summed E-state index contributed by atoms with van der Waals surface area (Å²) in [5, 5.41) is 6.56. The molecule has 1 aliphatic heterocycles. The molecule has 150 valence electrons. The van der Waals surface area contributed by atoms with Gasteiger partial charge in [-0.3, -0.25) is 4.79 Å². The third kappa shape index (κ3) is 7.59. The highest BCUT2D eigenvalue weighted by molar-refractivity contribution is 5.95. The third-order valence-corrected chi connectivity index (χ3v) is 4.46. The highest BCUT2D eigenvalue weighted by Gasteiger charge is 2.21. The summed E-state index contributed by atoms with van der Waals surface area (Å²) in [7, 11) is 0. The SMILES string of the molecule is CCNC(=NCc1ccc(N2CCCC2=O)cc1)NCCOCCC(C)C. The van der Waals surface area contributed by atoms with Gasteiger partial charge in [0, 0.05) is 38.3 Å². The maximum atomic E-state index is 11.8. The molecule has 2 rings (SSSR count). The van der Waals surface area contributed by atoms with E-state index in [0.717, 1.165) is 56.3 Å². The fourth-order valence-electron chi connectivity index (χ4n) is 2.88. The van der Waals surface area contributed by atoms with Crippen LogP contribution in [-0.4, -0.2) is 44.7 Å². The molecule has 27 heavy (non-hydrogen) atoms. The van der Waals surface area contributed by atoms with Crippen molar-refractivity contribution < 1.29 is 9.53 Å². The van der Waals surface area contributed by atoms with Crippen molar-refractivity contribution in [2.75, 3.05) is 37.7 Å². The highest BCUT2D eigenvalue weighted by atomic mass is 16.5. The summed E-state index contributed by atoms with van der Waals surface area (Å²) < 4.78 is 5.63.